The Morgan fingerprint density at radius 3 is 2.74 bits per heavy atom. The maximum absolute atomic E-state index is 12.7. The molecule has 3 rings (SSSR count). The van der Waals surface area contributed by atoms with Crippen LogP contribution >= 0.6 is 0 Å². The van der Waals surface area contributed by atoms with Crippen LogP contribution in [0.3, 0.4) is 0 Å². The first-order valence-electron chi connectivity index (χ1n) is 8.99. The van der Waals surface area contributed by atoms with Crippen LogP contribution in [-0.4, -0.2) is 48.1 Å². The van der Waals surface area contributed by atoms with Gasteiger partial charge in [-0.05, 0) is 38.5 Å². The Hall–Kier alpha value is -2.83. The molecule has 0 saturated carbocycles. The standard InChI is InChI=1S/C20H25N3O4/c1-12-16(20(25)22-13(2)21-12)10-19(24)23-8-7-14(11-23)17-9-15(26-3)5-6-18(17)27-4/h5-6,9,14H,7-8,10-11H2,1-4H3,(H,21,22,25). The molecular weight excluding hydrogens is 346 g/mol. The molecule has 0 radical (unpaired) electrons. The topological polar surface area (TPSA) is 84.5 Å². The van der Waals surface area contributed by atoms with Crippen molar-refractivity contribution in [2.24, 2.45) is 0 Å². The highest BCUT2D eigenvalue weighted by Crippen LogP contribution is 2.36. The van der Waals surface area contributed by atoms with Crippen molar-refractivity contribution in [1.29, 1.82) is 0 Å². The van der Waals surface area contributed by atoms with Crippen LogP contribution in [0.5, 0.6) is 11.5 Å². The minimum absolute atomic E-state index is 0.0568. The molecule has 144 valence electrons. The van der Waals surface area contributed by atoms with Gasteiger partial charge in [-0.1, -0.05) is 0 Å². The molecule has 7 nitrogen and oxygen atoms in total. The number of carbonyl (C=O) groups excluding carboxylic acids is 1. The second-order valence-corrected chi connectivity index (χ2v) is 6.83. The summed E-state index contributed by atoms with van der Waals surface area (Å²) >= 11 is 0. The fourth-order valence-electron chi connectivity index (χ4n) is 3.62. The number of nitrogens with zero attached hydrogens (tertiary/aromatic N) is 2. The summed E-state index contributed by atoms with van der Waals surface area (Å²) in [6.07, 6.45) is 0.910. The Labute approximate surface area is 158 Å². The van der Waals surface area contributed by atoms with Gasteiger partial charge in [0, 0.05) is 35.8 Å². The number of ether oxygens (including phenoxy) is 2. The fraction of sp³-hybridized carbons (Fsp3) is 0.450. The number of aromatic amines is 1. The molecule has 1 saturated heterocycles. The van der Waals surface area contributed by atoms with E-state index in [0.717, 1.165) is 23.5 Å². The fourth-order valence-corrected chi connectivity index (χ4v) is 3.62. The molecule has 2 heterocycles. The first kappa shape index (κ1) is 18.9. The highest BCUT2D eigenvalue weighted by molar-refractivity contribution is 5.79. The minimum atomic E-state index is -0.237. The zero-order valence-corrected chi connectivity index (χ0v) is 16.2. The largest absolute Gasteiger partial charge is 0.497 e. The summed E-state index contributed by atoms with van der Waals surface area (Å²) in [7, 11) is 3.27. The van der Waals surface area contributed by atoms with Gasteiger partial charge in [-0.2, -0.15) is 0 Å². The van der Waals surface area contributed by atoms with Crippen LogP contribution in [0.4, 0.5) is 0 Å². The van der Waals surface area contributed by atoms with E-state index in [9.17, 15) is 9.59 Å². The summed E-state index contributed by atoms with van der Waals surface area (Å²) in [6, 6.07) is 5.72. The van der Waals surface area contributed by atoms with E-state index in [4.69, 9.17) is 9.47 Å². The highest BCUT2D eigenvalue weighted by Gasteiger charge is 2.30. The molecule has 0 spiro atoms. The minimum Gasteiger partial charge on any atom is -0.497 e. The van der Waals surface area contributed by atoms with Gasteiger partial charge in [0.15, 0.2) is 0 Å². The number of likely N-dealkylation sites (tertiary alicyclic amines) is 1. The molecule has 1 fully saturated rings. The quantitative estimate of drug-likeness (QED) is 0.869. The lowest BCUT2D eigenvalue weighted by Gasteiger charge is -2.19. The molecule has 1 aliphatic rings. The van der Waals surface area contributed by atoms with Crippen LogP contribution in [0.25, 0.3) is 0 Å². The van der Waals surface area contributed by atoms with Crippen LogP contribution < -0.4 is 15.0 Å². The summed E-state index contributed by atoms with van der Waals surface area (Å²) in [4.78, 5) is 33.6. The van der Waals surface area contributed by atoms with E-state index in [1.165, 1.54) is 0 Å². The predicted molar refractivity (Wildman–Crippen MR) is 102 cm³/mol. The van der Waals surface area contributed by atoms with Gasteiger partial charge >= 0.3 is 0 Å². The molecule has 1 atom stereocenters. The van der Waals surface area contributed by atoms with Gasteiger partial charge in [0.2, 0.25) is 5.91 Å². The molecule has 27 heavy (non-hydrogen) atoms. The summed E-state index contributed by atoms with van der Waals surface area (Å²) in [5.74, 6) is 2.24. The van der Waals surface area contributed by atoms with Gasteiger partial charge in [-0.25, -0.2) is 4.98 Å². The van der Waals surface area contributed by atoms with Crippen molar-refractivity contribution in [3.8, 4) is 11.5 Å². The van der Waals surface area contributed by atoms with Crippen LogP contribution in [0.15, 0.2) is 23.0 Å². The monoisotopic (exact) mass is 371 g/mol. The van der Waals surface area contributed by atoms with Gasteiger partial charge < -0.3 is 19.4 Å². The van der Waals surface area contributed by atoms with Crippen LogP contribution in [0.2, 0.25) is 0 Å². The van der Waals surface area contributed by atoms with Gasteiger partial charge in [0.25, 0.3) is 5.56 Å². The number of aryl methyl sites for hydroxylation is 2. The van der Waals surface area contributed by atoms with E-state index in [0.29, 0.717) is 30.2 Å². The summed E-state index contributed by atoms with van der Waals surface area (Å²) < 4.78 is 10.8. The van der Waals surface area contributed by atoms with E-state index in [2.05, 4.69) is 9.97 Å². The molecule has 1 aliphatic heterocycles. The van der Waals surface area contributed by atoms with Crippen molar-refractivity contribution in [1.82, 2.24) is 14.9 Å². The average molecular weight is 371 g/mol. The number of carbonyl (C=O) groups is 1. The zero-order valence-electron chi connectivity index (χ0n) is 16.2. The Morgan fingerprint density at radius 1 is 1.30 bits per heavy atom. The van der Waals surface area contributed by atoms with Gasteiger partial charge in [-0.15, -0.1) is 0 Å². The number of hydrogen-bond acceptors (Lipinski definition) is 5. The Morgan fingerprint density at radius 2 is 2.07 bits per heavy atom. The van der Waals surface area contributed by atoms with E-state index < -0.39 is 0 Å². The van der Waals surface area contributed by atoms with Gasteiger partial charge in [0.05, 0.1) is 20.6 Å². The van der Waals surface area contributed by atoms with Crippen molar-refractivity contribution in [2.45, 2.75) is 32.6 Å². The third-order valence-corrected chi connectivity index (χ3v) is 5.09. The third-order valence-electron chi connectivity index (χ3n) is 5.09. The molecule has 0 bridgehead atoms. The second-order valence-electron chi connectivity index (χ2n) is 6.83. The molecular formula is C20H25N3O4. The Bertz CT molecular complexity index is 907. The van der Waals surface area contributed by atoms with Gasteiger partial charge in [0.1, 0.15) is 17.3 Å². The van der Waals surface area contributed by atoms with Crippen LogP contribution in [0.1, 0.15) is 35.0 Å². The highest BCUT2D eigenvalue weighted by atomic mass is 16.5. The lowest BCUT2D eigenvalue weighted by atomic mass is 9.97. The van der Waals surface area contributed by atoms with E-state index >= 15 is 0 Å². The number of methoxy groups -OCH3 is 2. The molecule has 1 N–H and O–H groups in total. The van der Waals surface area contributed by atoms with E-state index in [-0.39, 0.29) is 23.8 Å². The first-order valence-corrected chi connectivity index (χ1v) is 8.99. The Balaban J connectivity index is 1.75. The molecule has 1 aromatic heterocycles. The third kappa shape index (κ3) is 3.97. The number of nitrogens with one attached hydrogen (secondary N) is 1. The van der Waals surface area contributed by atoms with Gasteiger partial charge in [-0.3, -0.25) is 9.59 Å². The molecule has 2 aromatic rings. The maximum Gasteiger partial charge on any atom is 0.254 e. The molecule has 0 aliphatic carbocycles. The number of aromatic nitrogens is 2. The van der Waals surface area contributed by atoms with Crippen molar-refractivity contribution < 1.29 is 14.3 Å². The van der Waals surface area contributed by atoms with Crippen molar-refractivity contribution in [2.75, 3.05) is 27.3 Å². The first-order chi connectivity index (χ1) is 12.9. The number of benzene rings is 1. The molecule has 1 unspecified atom stereocenters. The summed E-state index contributed by atoms with van der Waals surface area (Å²) in [5, 5.41) is 0. The van der Waals surface area contributed by atoms with Crippen molar-refractivity contribution >= 4 is 5.91 Å². The normalized spacial score (nSPS) is 16.4. The van der Waals surface area contributed by atoms with Crippen LogP contribution in [0, 0.1) is 13.8 Å². The maximum atomic E-state index is 12.7. The number of H-pyrrole nitrogens is 1. The Kier molecular flexibility index (Phi) is 5.48. The molecule has 1 amide bonds. The SMILES string of the molecule is COc1ccc(OC)c(C2CCN(C(=O)Cc3c(C)nc(C)[nH]c3=O)C2)c1. The second kappa shape index (κ2) is 7.82. The van der Waals surface area contributed by atoms with Crippen molar-refractivity contribution in [3.63, 3.8) is 0 Å². The summed E-state index contributed by atoms with van der Waals surface area (Å²) in [5.41, 5.74) is 1.85. The van der Waals surface area contributed by atoms with Crippen molar-refractivity contribution in [3.05, 3.63) is 51.2 Å². The number of amides is 1. The smallest absolute Gasteiger partial charge is 0.254 e. The van der Waals surface area contributed by atoms with E-state index in [1.54, 1.807) is 28.1 Å². The molecule has 7 heteroatoms. The summed E-state index contributed by atoms with van der Waals surface area (Å²) in [6.45, 7) is 4.74. The van der Waals surface area contributed by atoms with Crippen LogP contribution in [-0.2, 0) is 11.2 Å². The number of hydrogen-bond donors (Lipinski definition) is 1. The lowest BCUT2D eigenvalue weighted by Crippen LogP contribution is -2.32. The number of rotatable bonds is 5. The average Bonchev–Trinajstić information content (AvgIpc) is 3.14. The molecule has 1 aromatic carbocycles. The van der Waals surface area contributed by atoms with E-state index in [1.807, 2.05) is 23.1 Å². The predicted octanol–water partition coefficient (Wildman–Crippen LogP) is 1.96. The zero-order chi connectivity index (χ0) is 19.6. The lowest BCUT2D eigenvalue weighted by molar-refractivity contribution is -0.129.